The molecule has 1 aliphatic heterocycles. The topological polar surface area (TPSA) is 82.0 Å². The van der Waals surface area contributed by atoms with E-state index in [0.29, 0.717) is 31.9 Å². The van der Waals surface area contributed by atoms with E-state index in [9.17, 15) is 4.79 Å². The molecule has 2 aromatic heterocycles. The molecule has 41 heavy (non-hydrogen) atoms. The molecule has 1 fully saturated rings. The van der Waals surface area contributed by atoms with E-state index in [4.69, 9.17) is 24.2 Å². The number of anilines is 1. The van der Waals surface area contributed by atoms with Gasteiger partial charge in [-0.05, 0) is 42.0 Å². The Morgan fingerprint density at radius 1 is 0.805 bits per heavy atom. The minimum Gasteiger partial charge on any atom is -0.497 e. The highest BCUT2D eigenvalue weighted by atomic mass is 16.5. The zero-order valence-electron chi connectivity index (χ0n) is 23.1. The summed E-state index contributed by atoms with van der Waals surface area (Å²) in [5.41, 5.74) is 3.81. The van der Waals surface area contributed by atoms with Gasteiger partial charge in [-0.15, -0.1) is 0 Å². The fourth-order valence-corrected chi connectivity index (χ4v) is 5.21. The number of carbonyl (C=O) groups is 1. The van der Waals surface area contributed by atoms with Crippen LogP contribution in [0.3, 0.4) is 0 Å². The van der Waals surface area contributed by atoms with Gasteiger partial charge < -0.3 is 24.0 Å². The summed E-state index contributed by atoms with van der Waals surface area (Å²) in [4.78, 5) is 26.5. The van der Waals surface area contributed by atoms with Gasteiger partial charge in [-0.2, -0.15) is 0 Å². The molecule has 0 unspecified atom stereocenters. The molecule has 1 aliphatic rings. The number of nitrogens with zero attached hydrogens (tertiary/aromatic N) is 5. The van der Waals surface area contributed by atoms with Gasteiger partial charge >= 0.3 is 0 Å². The summed E-state index contributed by atoms with van der Waals surface area (Å²) in [6.45, 7) is 2.43. The summed E-state index contributed by atoms with van der Waals surface area (Å²) in [5.74, 6) is 2.94. The van der Waals surface area contributed by atoms with E-state index in [1.54, 1.807) is 32.7 Å². The third kappa shape index (κ3) is 5.26. The summed E-state index contributed by atoms with van der Waals surface area (Å²) in [6, 6.07) is 25.4. The molecular formula is C32H31N5O4. The molecular weight excluding hydrogens is 518 g/mol. The lowest BCUT2D eigenvalue weighted by Gasteiger charge is -2.35. The number of para-hydroxylation sites is 2. The first-order chi connectivity index (χ1) is 20.2. The molecule has 1 saturated heterocycles. The predicted molar refractivity (Wildman–Crippen MR) is 158 cm³/mol. The molecule has 208 valence electrons. The lowest BCUT2D eigenvalue weighted by atomic mass is 10.1. The van der Waals surface area contributed by atoms with Gasteiger partial charge in [-0.25, -0.2) is 9.97 Å². The maximum Gasteiger partial charge on any atom is 0.260 e. The van der Waals surface area contributed by atoms with E-state index in [-0.39, 0.29) is 12.5 Å². The molecule has 0 saturated carbocycles. The molecule has 0 bridgehead atoms. The smallest absolute Gasteiger partial charge is 0.260 e. The Labute approximate surface area is 238 Å². The minimum atomic E-state index is -0.0411. The minimum absolute atomic E-state index is 0.00993. The van der Waals surface area contributed by atoms with Crippen molar-refractivity contribution in [2.24, 2.45) is 0 Å². The van der Waals surface area contributed by atoms with Crippen LogP contribution in [0.5, 0.6) is 17.2 Å². The molecule has 3 heterocycles. The Hall–Kier alpha value is -5.05. The maximum absolute atomic E-state index is 12.9. The Balaban J connectivity index is 1.26. The maximum atomic E-state index is 12.9. The normalized spacial score (nSPS) is 13.3. The summed E-state index contributed by atoms with van der Waals surface area (Å²) in [5, 5.41) is 0.965. The van der Waals surface area contributed by atoms with Gasteiger partial charge in [0, 0.05) is 37.9 Å². The van der Waals surface area contributed by atoms with E-state index in [1.807, 2.05) is 59.5 Å². The van der Waals surface area contributed by atoms with E-state index in [1.165, 1.54) is 0 Å². The quantitative estimate of drug-likeness (QED) is 0.274. The fourth-order valence-electron chi connectivity index (χ4n) is 5.21. The third-order valence-electron chi connectivity index (χ3n) is 7.35. The monoisotopic (exact) mass is 549 g/mol. The van der Waals surface area contributed by atoms with Crippen molar-refractivity contribution in [3.8, 4) is 34.1 Å². The highest BCUT2D eigenvalue weighted by molar-refractivity contribution is 6.02. The second-order valence-corrected chi connectivity index (χ2v) is 9.68. The van der Waals surface area contributed by atoms with E-state index < -0.39 is 0 Å². The van der Waals surface area contributed by atoms with E-state index in [2.05, 4.69) is 27.8 Å². The van der Waals surface area contributed by atoms with Crippen molar-refractivity contribution in [3.05, 3.63) is 91.4 Å². The van der Waals surface area contributed by atoms with Crippen molar-refractivity contribution in [2.45, 2.75) is 0 Å². The van der Waals surface area contributed by atoms with Crippen LogP contribution in [0.2, 0.25) is 0 Å². The third-order valence-corrected chi connectivity index (χ3v) is 7.35. The van der Waals surface area contributed by atoms with Crippen LogP contribution in [0.25, 0.3) is 27.8 Å². The van der Waals surface area contributed by atoms with Crippen molar-refractivity contribution in [2.75, 3.05) is 51.9 Å². The van der Waals surface area contributed by atoms with Crippen LogP contribution in [0.1, 0.15) is 0 Å². The lowest BCUT2D eigenvalue weighted by Crippen LogP contribution is -2.50. The Kier molecular flexibility index (Phi) is 7.40. The number of hydrogen-bond donors (Lipinski definition) is 0. The molecule has 9 nitrogen and oxygen atoms in total. The molecule has 0 radical (unpaired) electrons. The molecule has 3 aromatic carbocycles. The van der Waals surface area contributed by atoms with Gasteiger partial charge in [0.2, 0.25) is 0 Å². The molecule has 0 aliphatic carbocycles. The zero-order valence-corrected chi connectivity index (χ0v) is 23.1. The van der Waals surface area contributed by atoms with Crippen LogP contribution in [-0.2, 0) is 4.79 Å². The number of hydrogen-bond acceptors (Lipinski definition) is 7. The highest BCUT2D eigenvalue weighted by Crippen LogP contribution is 2.38. The van der Waals surface area contributed by atoms with Gasteiger partial charge in [0.25, 0.3) is 5.91 Å². The first kappa shape index (κ1) is 26.2. The van der Waals surface area contributed by atoms with Crippen molar-refractivity contribution < 1.29 is 19.0 Å². The molecule has 0 N–H and O–H groups in total. The standard InChI is InChI=1S/C32H31N5O4/c1-39-24-12-14-25(15-13-24)41-21-29(38)35-16-18-36(19-17-35)31-30-26(23-8-4-3-5-9-23)20-37(32(30)34-22-33-31)27-10-6-7-11-28(27)40-2/h3-15,20,22H,16-19,21H2,1-2H3. The number of fused-ring (bicyclic) bond motifs is 1. The average molecular weight is 550 g/mol. The zero-order chi connectivity index (χ0) is 28.2. The van der Waals surface area contributed by atoms with Crippen LogP contribution in [0, 0.1) is 0 Å². The molecule has 6 rings (SSSR count). The van der Waals surface area contributed by atoms with E-state index in [0.717, 1.165) is 45.2 Å². The molecule has 0 spiro atoms. The van der Waals surface area contributed by atoms with Crippen molar-refractivity contribution >= 4 is 22.8 Å². The van der Waals surface area contributed by atoms with E-state index >= 15 is 0 Å². The summed E-state index contributed by atoms with van der Waals surface area (Å²) in [6.07, 6.45) is 3.71. The SMILES string of the molecule is COc1ccc(OCC(=O)N2CCN(c3ncnc4c3c(-c3ccccc3)cn4-c3ccccc3OC)CC2)cc1. The molecule has 5 aromatic rings. The molecule has 0 atom stereocenters. The number of methoxy groups -OCH3 is 2. The molecule has 1 amide bonds. The van der Waals surface area contributed by atoms with Gasteiger partial charge in [-0.3, -0.25) is 9.36 Å². The Morgan fingerprint density at radius 2 is 1.51 bits per heavy atom. The molecule has 9 heteroatoms. The summed E-state index contributed by atoms with van der Waals surface area (Å²) >= 11 is 0. The second kappa shape index (κ2) is 11.6. The van der Waals surface area contributed by atoms with Crippen LogP contribution >= 0.6 is 0 Å². The number of aromatic nitrogens is 3. The summed E-state index contributed by atoms with van der Waals surface area (Å²) in [7, 11) is 3.29. The first-order valence-electron chi connectivity index (χ1n) is 13.5. The first-order valence-corrected chi connectivity index (χ1v) is 13.5. The Bertz CT molecular complexity index is 1640. The number of carbonyl (C=O) groups excluding carboxylic acids is 1. The van der Waals surface area contributed by atoms with Crippen molar-refractivity contribution in [1.29, 1.82) is 0 Å². The largest absolute Gasteiger partial charge is 0.497 e. The van der Waals surface area contributed by atoms with Gasteiger partial charge in [0.05, 0.1) is 25.3 Å². The van der Waals surface area contributed by atoms with Crippen molar-refractivity contribution in [3.63, 3.8) is 0 Å². The second-order valence-electron chi connectivity index (χ2n) is 9.68. The van der Waals surface area contributed by atoms with Crippen LogP contribution < -0.4 is 19.1 Å². The van der Waals surface area contributed by atoms with Crippen LogP contribution in [0.15, 0.2) is 91.4 Å². The van der Waals surface area contributed by atoms with Gasteiger partial charge in [0.15, 0.2) is 12.3 Å². The highest BCUT2D eigenvalue weighted by Gasteiger charge is 2.26. The summed E-state index contributed by atoms with van der Waals surface area (Å²) < 4.78 is 18.6. The Morgan fingerprint density at radius 3 is 2.24 bits per heavy atom. The fraction of sp³-hybridized carbons (Fsp3) is 0.219. The van der Waals surface area contributed by atoms with Gasteiger partial charge in [-0.1, -0.05) is 42.5 Å². The number of benzene rings is 3. The van der Waals surface area contributed by atoms with Crippen LogP contribution in [-0.4, -0.2) is 72.3 Å². The number of rotatable bonds is 8. The predicted octanol–water partition coefficient (Wildman–Crippen LogP) is 4.83. The number of ether oxygens (including phenoxy) is 3. The average Bonchev–Trinajstić information content (AvgIpc) is 3.44. The number of amides is 1. The lowest BCUT2D eigenvalue weighted by molar-refractivity contribution is -0.133. The number of piperazine rings is 1. The van der Waals surface area contributed by atoms with Crippen LogP contribution in [0.4, 0.5) is 5.82 Å². The van der Waals surface area contributed by atoms with Crippen molar-refractivity contribution in [1.82, 2.24) is 19.4 Å². The van der Waals surface area contributed by atoms with Gasteiger partial charge in [0.1, 0.15) is 29.4 Å².